The van der Waals surface area contributed by atoms with Gasteiger partial charge in [0.25, 0.3) is 0 Å². The third kappa shape index (κ3) is 5.72. The van der Waals surface area contributed by atoms with Gasteiger partial charge in [-0.15, -0.1) is 0 Å². The summed E-state index contributed by atoms with van der Waals surface area (Å²) in [5, 5.41) is 3.30. The fraction of sp³-hybridized carbons (Fsp3) is 0.226. The summed E-state index contributed by atoms with van der Waals surface area (Å²) in [6.45, 7) is 3.10. The minimum atomic E-state index is -1.25. The van der Waals surface area contributed by atoms with Crippen LogP contribution in [-0.2, 0) is 14.3 Å². The van der Waals surface area contributed by atoms with E-state index in [2.05, 4.69) is 32.3 Å². The molecule has 3 N–H and O–H groups in total. The Morgan fingerprint density at radius 3 is 2.31 bits per heavy atom. The molecule has 0 spiro atoms. The van der Waals surface area contributed by atoms with Crippen LogP contribution in [0.3, 0.4) is 0 Å². The Hall–Kier alpha value is -5.03. The van der Waals surface area contributed by atoms with E-state index in [0.29, 0.717) is 54.9 Å². The van der Waals surface area contributed by atoms with Gasteiger partial charge in [-0.1, -0.05) is 6.07 Å². The molecule has 2 fully saturated rings. The van der Waals surface area contributed by atoms with E-state index in [9.17, 15) is 14.0 Å². The number of amides is 2. The highest BCUT2D eigenvalue weighted by molar-refractivity contribution is 6.16. The van der Waals surface area contributed by atoms with E-state index in [-0.39, 0.29) is 0 Å². The molecule has 0 radical (unpaired) electrons. The van der Waals surface area contributed by atoms with Crippen molar-refractivity contribution in [3.05, 3.63) is 91.0 Å². The molecule has 1 aliphatic heterocycles. The zero-order valence-electron chi connectivity index (χ0n) is 22.7. The Bertz CT molecular complexity index is 1590. The first-order valence-corrected chi connectivity index (χ1v) is 13.6. The molecular weight excluding hydrogens is 539 g/mol. The second-order valence-electron chi connectivity index (χ2n) is 10.2. The highest BCUT2D eigenvalue weighted by atomic mass is 19.1. The molecule has 214 valence electrons. The van der Waals surface area contributed by atoms with Crippen molar-refractivity contribution < 1.29 is 23.5 Å². The number of benzene rings is 3. The number of aromatic nitrogens is 2. The highest BCUT2D eigenvalue weighted by Gasteiger charge is 2.57. The van der Waals surface area contributed by atoms with Crippen molar-refractivity contribution in [2.45, 2.75) is 12.8 Å². The quantitative estimate of drug-likeness (QED) is 0.273. The second kappa shape index (κ2) is 11.5. The molecule has 1 aromatic heterocycles. The lowest BCUT2D eigenvalue weighted by Crippen LogP contribution is -2.41. The van der Waals surface area contributed by atoms with Crippen LogP contribution in [0.1, 0.15) is 12.8 Å². The van der Waals surface area contributed by atoms with Crippen LogP contribution >= 0.6 is 0 Å². The van der Waals surface area contributed by atoms with Crippen LogP contribution in [0.25, 0.3) is 0 Å². The molecule has 0 atom stereocenters. The van der Waals surface area contributed by atoms with Gasteiger partial charge in [0.2, 0.25) is 17.7 Å². The third-order valence-electron chi connectivity index (χ3n) is 7.37. The minimum Gasteiger partial charge on any atom is -0.439 e. The summed E-state index contributed by atoms with van der Waals surface area (Å²) >= 11 is 0. The van der Waals surface area contributed by atoms with E-state index in [1.165, 1.54) is 35.5 Å². The van der Waals surface area contributed by atoms with Gasteiger partial charge in [-0.3, -0.25) is 14.5 Å². The van der Waals surface area contributed by atoms with Crippen LogP contribution in [0.15, 0.2) is 85.2 Å². The van der Waals surface area contributed by atoms with Gasteiger partial charge in [0.05, 0.1) is 13.2 Å². The van der Waals surface area contributed by atoms with Gasteiger partial charge >= 0.3 is 0 Å². The predicted molar refractivity (Wildman–Crippen MR) is 156 cm³/mol. The Balaban J connectivity index is 1.18. The average Bonchev–Trinajstić information content (AvgIpc) is 3.83. The third-order valence-corrected chi connectivity index (χ3v) is 7.37. The standard InChI is InChI=1S/C31H29FN6O4/c32-21-4-6-23(7-5-21)38(30(40)31(12-13-31)29(33)39)24-8-10-26(11-9-24)42-28-19-27(34-20-35-28)36-22-2-1-3-25(18-22)37-14-16-41-17-15-37/h1-11,18-20H,12-17H2,(H2,33,39)(H,34,35,36). The van der Waals surface area contributed by atoms with E-state index in [4.69, 9.17) is 15.2 Å². The molecule has 1 saturated carbocycles. The Morgan fingerprint density at radius 2 is 1.64 bits per heavy atom. The van der Waals surface area contributed by atoms with Crippen molar-refractivity contribution >= 4 is 40.4 Å². The number of carbonyl (C=O) groups is 2. The summed E-state index contributed by atoms with van der Waals surface area (Å²) in [7, 11) is 0. The van der Waals surface area contributed by atoms with E-state index < -0.39 is 23.0 Å². The lowest BCUT2D eigenvalue weighted by molar-refractivity contribution is -0.133. The van der Waals surface area contributed by atoms with Crippen LogP contribution in [0.5, 0.6) is 11.6 Å². The first-order valence-electron chi connectivity index (χ1n) is 13.6. The summed E-state index contributed by atoms with van der Waals surface area (Å²) in [6, 6.07) is 22.0. The van der Waals surface area contributed by atoms with Crippen LogP contribution in [0.4, 0.5) is 33.0 Å². The van der Waals surface area contributed by atoms with Gasteiger partial charge in [0, 0.05) is 41.9 Å². The molecule has 2 heterocycles. The summed E-state index contributed by atoms with van der Waals surface area (Å²) in [5.74, 6) is -0.193. The van der Waals surface area contributed by atoms with Gasteiger partial charge in [0.15, 0.2) is 0 Å². The first kappa shape index (κ1) is 27.2. The van der Waals surface area contributed by atoms with Gasteiger partial charge < -0.3 is 25.4 Å². The van der Waals surface area contributed by atoms with Gasteiger partial charge in [-0.2, -0.15) is 0 Å². The summed E-state index contributed by atoms with van der Waals surface area (Å²) in [6.07, 6.45) is 2.16. The molecule has 42 heavy (non-hydrogen) atoms. The van der Waals surface area contributed by atoms with Crippen molar-refractivity contribution in [1.29, 1.82) is 0 Å². The topological polar surface area (TPSA) is 123 Å². The average molecular weight is 569 g/mol. The number of hydrogen-bond donors (Lipinski definition) is 2. The number of morpholine rings is 1. The molecule has 1 aliphatic carbocycles. The van der Waals surface area contributed by atoms with Crippen molar-refractivity contribution in [2.24, 2.45) is 11.1 Å². The van der Waals surface area contributed by atoms with Crippen molar-refractivity contribution in [1.82, 2.24) is 9.97 Å². The minimum absolute atomic E-state index is 0.321. The monoisotopic (exact) mass is 568 g/mol. The number of anilines is 5. The van der Waals surface area contributed by atoms with E-state index >= 15 is 0 Å². The molecule has 6 rings (SSSR count). The molecule has 2 aliphatic rings. The summed E-state index contributed by atoms with van der Waals surface area (Å²) in [5.41, 5.74) is 7.21. The Labute approximate surface area is 241 Å². The smallest absolute Gasteiger partial charge is 0.247 e. The van der Waals surface area contributed by atoms with Crippen molar-refractivity contribution in [3.63, 3.8) is 0 Å². The van der Waals surface area contributed by atoms with Crippen LogP contribution in [-0.4, -0.2) is 48.1 Å². The maximum atomic E-state index is 13.6. The predicted octanol–water partition coefficient (Wildman–Crippen LogP) is 4.92. The number of ether oxygens (including phenoxy) is 2. The summed E-state index contributed by atoms with van der Waals surface area (Å²) in [4.78, 5) is 37.8. The number of halogens is 1. The van der Waals surface area contributed by atoms with Crippen LogP contribution in [0.2, 0.25) is 0 Å². The van der Waals surface area contributed by atoms with E-state index in [0.717, 1.165) is 24.5 Å². The number of rotatable bonds is 9. The molecule has 2 amide bonds. The van der Waals surface area contributed by atoms with Crippen LogP contribution < -0.4 is 25.6 Å². The van der Waals surface area contributed by atoms with E-state index in [1.807, 2.05) is 12.1 Å². The fourth-order valence-electron chi connectivity index (χ4n) is 4.88. The largest absolute Gasteiger partial charge is 0.439 e. The number of nitrogens with one attached hydrogen (secondary N) is 1. The molecular formula is C31H29FN6O4. The zero-order valence-corrected chi connectivity index (χ0v) is 22.7. The number of hydrogen-bond acceptors (Lipinski definition) is 8. The zero-order chi connectivity index (χ0) is 29.1. The Morgan fingerprint density at radius 1 is 0.952 bits per heavy atom. The number of carbonyl (C=O) groups excluding carboxylic acids is 2. The number of primary amides is 1. The van der Waals surface area contributed by atoms with Crippen molar-refractivity contribution in [3.8, 4) is 11.6 Å². The maximum Gasteiger partial charge on any atom is 0.247 e. The molecule has 11 heteroatoms. The molecule has 10 nitrogen and oxygen atoms in total. The number of nitrogens with two attached hydrogens (primary N) is 1. The Kier molecular flexibility index (Phi) is 7.41. The van der Waals surface area contributed by atoms with Crippen molar-refractivity contribution in [2.75, 3.05) is 41.4 Å². The van der Waals surface area contributed by atoms with E-state index in [1.54, 1.807) is 30.3 Å². The molecule has 3 aromatic carbocycles. The van der Waals surface area contributed by atoms with Gasteiger partial charge in [-0.25, -0.2) is 14.4 Å². The number of nitrogens with zero attached hydrogens (tertiary/aromatic N) is 4. The lowest BCUT2D eigenvalue weighted by atomic mass is 10.0. The summed E-state index contributed by atoms with van der Waals surface area (Å²) < 4.78 is 25.0. The molecule has 4 aromatic rings. The lowest BCUT2D eigenvalue weighted by Gasteiger charge is -2.29. The van der Waals surface area contributed by atoms with Gasteiger partial charge in [-0.05, 0) is 79.6 Å². The second-order valence-corrected chi connectivity index (χ2v) is 10.2. The molecule has 0 unspecified atom stereocenters. The fourth-order valence-corrected chi connectivity index (χ4v) is 4.88. The SMILES string of the molecule is NC(=O)C1(C(=O)N(c2ccc(F)cc2)c2ccc(Oc3cc(Nc4cccc(N5CCOCC5)c4)ncn3)cc2)CC1. The maximum absolute atomic E-state index is 13.6. The molecule has 0 bridgehead atoms. The molecule has 1 saturated heterocycles. The first-order chi connectivity index (χ1) is 20.4. The normalized spacial score (nSPS) is 15.5. The van der Waals surface area contributed by atoms with Crippen LogP contribution in [0, 0.1) is 11.2 Å². The van der Waals surface area contributed by atoms with Gasteiger partial charge in [0.1, 0.15) is 29.1 Å². The highest BCUT2D eigenvalue weighted by Crippen LogP contribution is 2.49.